The Kier molecular flexibility index (Phi) is 4.60. The lowest BCUT2D eigenvalue weighted by Gasteiger charge is -2.47. The number of ketones is 1. The van der Waals surface area contributed by atoms with Crippen LogP contribution in [0.5, 0.6) is 0 Å². The topological polar surface area (TPSA) is 40.1 Å². The number of aryl methyl sites for hydroxylation is 1. The van der Waals surface area contributed by atoms with Gasteiger partial charge in [0.2, 0.25) is 0 Å². The molecule has 0 aliphatic carbocycles. The number of hydrogen-bond acceptors (Lipinski definition) is 2. The molecular weight excluding hydrogens is 286 g/mol. The molecule has 23 heavy (non-hydrogen) atoms. The zero-order chi connectivity index (χ0) is 16.3. The average Bonchev–Trinajstić information content (AvgIpc) is 2.56. The van der Waals surface area contributed by atoms with E-state index in [9.17, 15) is 10.0 Å². The predicted octanol–water partition coefficient (Wildman–Crippen LogP) is 4.10. The molecule has 0 unspecified atom stereocenters. The minimum Gasteiger partial charge on any atom is -0.633 e. The molecule has 1 saturated heterocycles. The summed E-state index contributed by atoms with van der Waals surface area (Å²) in [6.45, 7) is 3.53. The third kappa shape index (κ3) is 3.69. The van der Waals surface area contributed by atoms with Crippen molar-refractivity contribution in [3.05, 3.63) is 76.5 Å². The van der Waals surface area contributed by atoms with Crippen molar-refractivity contribution in [1.29, 1.82) is 0 Å². The number of rotatable bonds is 4. The lowest BCUT2D eigenvalue weighted by atomic mass is 9.87. The van der Waals surface area contributed by atoms with Gasteiger partial charge in [0, 0.05) is 29.9 Å². The van der Waals surface area contributed by atoms with Gasteiger partial charge in [-0.1, -0.05) is 54.6 Å². The fraction of sp³-hybridized carbons (Fsp3) is 0.350. The van der Waals surface area contributed by atoms with Crippen molar-refractivity contribution in [2.75, 3.05) is 13.1 Å². The Bertz CT molecular complexity index is 673. The molecule has 0 aromatic heterocycles. The Balaban J connectivity index is 1.64. The summed E-state index contributed by atoms with van der Waals surface area (Å²) in [7, 11) is 0. The van der Waals surface area contributed by atoms with Crippen LogP contribution < -0.4 is 0 Å². The van der Waals surface area contributed by atoms with Crippen molar-refractivity contribution in [2.24, 2.45) is 5.92 Å². The Labute approximate surface area is 137 Å². The fourth-order valence-corrected chi connectivity index (χ4v) is 3.44. The highest BCUT2D eigenvalue weighted by molar-refractivity contribution is 5.99. The van der Waals surface area contributed by atoms with Gasteiger partial charge in [-0.05, 0) is 12.5 Å². The van der Waals surface area contributed by atoms with E-state index in [4.69, 9.17) is 0 Å². The molecule has 0 bridgehead atoms. The summed E-state index contributed by atoms with van der Waals surface area (Å²) in [6.07, 6.45) is 1.37. The van der Waals surface area contributed by atoms with Crippen molar-refractivity contribution < 1.29 is 9.44 Å². The molecule has 3 heteroatoms. The molecule has 0 saturated carbocycles. The van der Waals surface area contributed by atoms with Gasteiger partial charge >= 0.3 is 0 Å². The van der Waals surface area contributed by atoms with Crippen LogP contribution >= 0.6 is 0 Å². The van der Waals surface area contributed by atoms with E-state index in [2.05, 4.69) is 0 Å². The Morgan fingerprint density at radius 1 is 1.04 bits per heavy atom. The molecule has 2 aromatic carbocycles. The van der Waals surface area contributed by atoms with E-state index in [1.54, 1.807) is 0 Å². The number of Topliss-reactive ketones (excluding diaryl/α,β-unsaturated/α-hetero) is 1. The molecule has 1 aliphatic rings. The summed E-state index contributed by atoms with van der Waals surface area (Å²) in [4.78, 5) is 12.7. The monoisotopic (exact) mass is 309 g/mol. The minimum atomic E-state index is -0.207. The first-order valence-electron chi connectivity index (χ1n) is 8.28. The van der Waals surface area contributed by atoms with Crippen LogP contribution in [0.1, 0.15) is 34.3 Å². The number of benzene rings is 2. The van der Waals surface area contributed by atoms with Gasteiger partial charge in [-0.15, -0.1) is 0 Å². The number of quaternary nitrogens is 1. The number of hydrogen-bond donors (Lipinski definition) is 0. The zero-order valence-electron chi connectivity index (χ0n) is 13.6. The summed E-state index contributed by atoms with van der Waals surface area (Å²) in [5.74, 6) is 0.195. The quantitative estimate of drug-likeness (QED) is 0.484. The predicted molar refractivity (Wildman–Crippen MR) is 91.7 cm³/mol. The first-order chi connectivity index (χ1) is 11.1. The first-order valence-corrected chi connectivity index (χ1v) is 8.28. The molecule has 1 fully saturated rings. The van der Waals surface area contributed by atoms with Gasteiger partial charge in [0.05, 0.1) is 13.1 Å². The molecule has 0 N–H and O–H groups in total. The van der Waals surface area contributed by atoms with Crippen molar-refractivity contribution in [3.8, 4) is 0 Å². The third-order valence-corrected chi connectivity index (χ3v) is 4.87. The van der Waals surface area contributed by atoms with Gasteiger partial charge in [-0.2, -0.15) is 0 Å². The number of piperidine rings is 1. The maximum atomic E-state index is 12.9. The molecule has 0 amide bonds. The summed E-state index contributed by atoms with van der Waals surface area (Å²) < 4.78 is -0.207. The highest BCUT2D eigenvalue weighted by atomic mass is 16.5. The molecular formula is C20H23NO2. The summed E-state index contributed by atoms with van der Waals surface area (Å²) in [5.41, 5.74) is 2.91. The van der Waals surface area contributed by atoms with Gasteiger partial charge in [-0.25, -0.2) is 0 Å². The molecule has 3 nitrogen and oxygen atoms in total. The average molecular weight is 309 g/mol. The van der Waals surface area contributed by atoms with Gasteiger partial charge in [-0.3, -0.25) is 4.79 Å². The zero-order valence-corrected chi connectivity index (χ0v) is 13.6. The number of carbonyl (C=O) groups is 1. The van der Waals surface area contributed by atoms with Crippen LogP contribution in [0, 0.1) is 18.0 Å². The van der Waals surface area contributed by atoms with Crippen LogP contribution in [0.15, 0.2) is 54.6 Å². The molecule has 2 aromatic rings. The van der Waals surface area contributed by atoms with E-state index in [0.717, 1.165) is 16.7 Å². The second kappa shape index (κ2) is 6.65. The van der Waals surface area contributed by atoms with Crippen LogP contribution in [0.25, 0.3) is 0 Å². The minimum absolute atomic E-state index is 0.00734. The second-order valence-corrected chi connectivity index (χ2v) is 6.60. The molecule has 1 heterocycles. The van der Waals surface area contributed by atoms with E-state index in [-0.39, 0.29) is 16.3 Å². The third-order valence-electron chi connectivity index (χ3n) is 4.87. The number of hydroxylamine groups is 3. The summed E-state index contributed by atoms with van der Waals surface area (Å²) >= 11 is 0. The lowest BCUT2D eigenvalue weighted by molar-refractivity contribution is -0.899. The van der Waals surface area contributed by atoms with Gasteiger partial charge < -0.3 is 9.85 Å². The van der Waals surface area contributed by atoms with Crippen molar-refractivity contribution >= 4 is 5.78 Å². The fourth-order valence-electron chi connectivity index (χ4n) is 3.44. The van der Waals surface area contributed by atoms with Crippen LogP contribution in [0.2, 0.25) is 0 Å². The van der Waals surface area contributed by atoms with E-state index in [1.807, 2.05) is 61.5 Å². The summed E-state index contributed by atoms with van der Waals surface area (Å²) in [5, 5.41) is 12.9. The molecule has 1 aliphatic heterocycles. The largest absolute Gasteiger partial charge is 0.633 e. The standard InChI is InChI=1S/C20H23NO2/c1-16-7-5-6-10-19(16)20(22)18-11-13-21(23,14-12-18)15-17-8-3-2-4-9-17/h2-10,18H,11-15H2,1H3. The van der Waals surface area contributed by atoms with Gasteiger partial charge in [0.1, 0.15) is 6.54 Å². The molecule has 0 atom stereocenters. The molecule has 0 radical (unpaired) electrons. The Morgan fingerprint density at radius 2 is 1.65 bits per heavy atom. The van der Waals surface area contributed by atoms with E-state index >= 15 is 0 Å². The van der Waals surface area contributed by atoms with Gasteiger partial charge in [0.15, 0.2) is 5.78 Å². The van der Waals surface area contributed by atoms with Crippen LogP contribution in [-0.2, 0) is 6.54 Å². The number of likely N-dealkylation sites (tertiary alicyclic amines) is 1. The van der Waals surface area contributed by atoms with Crippen LogP contribution in [0.3, 0.4) is 0 Å². The van der Waals surface area contributed by atoms with Crippen molar-refractivity contribution in [3.63, 3.8) is 0 Å². The lowest BCUT2D eigenvalue weighted by Crippen LogP contribution is -2.48. The molecule has 0 spiro atoms. The Hall–Kier alpha value is -1.97. The molecule has 120 valence electrons. The van der Waals surface area contributed by atoms with E-state index < -0.39 is 0 Å². The number of nitrogens with zero attached hydrogens (tertiary/aromatic N) is 1. The first kappa shape index (κ1) is 15.9. The SMILES string of the molecule is Cc1ccccc1C(=O)C1CC[N+]([O-])(Cc2ccccc2)CC1. The normalized spacial score (nSPS) is 24.3. The maximum absolute atomic E-state index is 12.9. The van der Waals surface area contributed by atoms with Crippen molar-refractivity contribution in [1.82, 2.24) is 0 Å². The number of carbonyl (C=O) groups excluding carboxylic acids is 1. The highest BCUT2D eigenvalue weighted by Crippen LogP contribution is 2.28. The van der Waals surface area contributed by atoms with Gasteiger partial charge in [0.25, 0.3) is 0 Å². The van der Waals surface area contributed by atoms with Crippen LogP contribution in [0.4, 0.5) is 0 Å². The van der Waals surface area contributed by atoms with Crippen molar-refractivity contribution in [2.45, 2.75) is 26.3 Å². The highest BCUT2D eigenvalue weighted by Gasteiger charge is 2.32. The Morgan fingerprint density at radius 3 is 2.30 bits per heavy atom. The summed E-state index contributed by atoms with van der Waals surface area (Å²) in [6, 6.07) is 17.6. The van der Waals surface area contributed by atoms with E-state index in [1.165, 1.54) is 0 Å². The maximum Gasteiger partial charge on any atom is 0.166 e. The van der Waals surface area contributed by atoms with E-state index in [0.29, 0.717) is 32.5 Å². The van der Waals surface area contributed by atoms with Crippen LogP contribution in [-0.4, -0.2) is 23.5 Å². The second-order valence-electron chi connectivity index (χ2n) is 6.60. The smallest absolute Gasteiger partial charge is 0.166 e. The molecule has 3 rings (SSSR count).